The Balaban J connectivity index is 1.79. The van der Waals surface area contributed by atoms with Crippen LogP contribution >= 0.6 is 7.60 Å². The Hall–Kier alpha value is -2.59. The van der Waals surface area contributed by atoms with Crippen LogP contribution in [0.15, 0.2) is 17.1 Å². The van der Waals surface area contributed by atoms with Crippen molar-refractivity contribution in [3.8, 4) is 0 Å². The summed E-state index contributed by atoms with van der Waals surface area (Å²) in [6, 6.07) is -0.434. The van der Waals surface area contributed by atoms with Crippen LogP contribution in [0.2, 0.25) is 0 Å². The summed E-state index contributed by atoms with van der Waals surface area (Å²) >= 11 is 0. The summed E-state index contributed by atoms with van der Waals surface area (Å²) in [6.07, 6.45) is -16.2. The predicted molar refractivity (Wildman–Crippen MR) is 130 cm³/mol. The summed E-state index contributed by atoms with van der Waals surface area (Å²) < 4.78 is 29.2. The van der Waals surface area contributed by atoms with Crippen LogP contribution in [0, 0.1) is 0 Å². The van der Waals surface area contributed by atoms with Crippen molar-refractivity contribution >= 4 is 25.3 Å². The maximum atomic E-state index is 12.9. The highest BCUT2D eigenvalue weighted by atomic mass is 31.2. The van der Waals surface area contributed by atoms with E-state index < -0.39 is 118 Å². The summed E-state index contributed by atoms with van der Waals surface area (Å²) in [7, 11) is -5.33. The van der Waals surface area contributed by atoms with Gasteiger partial charge in [0.05, 0.1) is 31.4 Å². The number of nitrogens with one attached hydrogen (secondary N) is 1. The normalized spacial score (nSPS) is 34.3. The van der Waals surface area contributed by atoms with E-state index in [-0.39, 0.29) is 5.82 Å². The molecule has 11 atom stereocenters. The number of carbonyl (C=O) groups is 2. The van der Waals surface area contributed by atoms with Crippen molar-refractivity contribution in [2.45, 2.75) is 73.6 Å². The first-order chi connectivity index (χ1) is 19.6. The summed E-state index contributed by atoms with van der Waals surface area (Å²) in [6.45, 7) is -1.69. The van der Waals surface area contributed by atoms with Crippen LogP contribution in [-0.4, -0.2) is 126 Å². The molecule has 42 heavy (non-hydrogen) atoms. The molecule has 21 heteroatoms. The van der Waals surface area contributed by atoms with Crippen molar-refractivity contribution in [3.05, 3.63) is 22.7 Å². The number of rotatable bonds is 12. The number of carboxylic acid groups (broad SMARTS) is 1. The first-order valence-corrected chi connectivity index (χ1v) is 14.2. The van der Waals surface area contributed by atoms with Crippen LogP contribution in [-0.2, 0) is 28.2 Å². The van der Waals surface area contributed by atoms with Crippen LogP contribution in [0.5, 0.6) is 0 Å². The standard InChI is InChI=1S/C21H34N5O15P/c22-6-12(30)25-13-8(28)5-21(19(34)35,40-17(13)14(31)9(29)7-27)41-42(37,38)4-2-10-15(32)16(33)18(39-10)26-3-1-11(23)24-20(26)36/h1,3,8-10,13-18,27-29,31-33H,2,4-7,22H2,(H,25,30)(H,34,35)(H,37,38)(H2,23,24,36)/p-2/t8?,9-,10?,13?,14-,15?,16?,17?,18?,21?/m1/s1. The molecule has 2 fully saturated rings. The number of aliphatic carboxylic acids is 1. The molecule has 2 saturated heterocycles. The molecule has 3 heterocycles. The largest absolute Gasteiger partial charge is 0.778 e. The molecule has 0 aromatic carbocycles. The minimum atomic E-state index is -5.33. The molecule has 20 nitrogen and oxygen atoms in total. The van der Waals surface area contributed by atoms with E-state index in [1.54, 1.807) is 0 Å². The van der Waals surface area contributed by atoms with Crippen LogP contribution in [0.4, 0.5) is 5.82 Å². The first-order valence-electron chi connectivity index (χ1n) is 12.5. The Kier molecular flexibility index (Phi) is 10.8. The third kappa shape index (κ3) is 7.30. The molecule has 0 aliphatic carbocycles. The maximum absolute atomic E-state index is 12.9. The second kappa shape index (κ2) is 13.4. The molecule has 3 rings (SSSR count). The zero-order valence-electron chi connectivity index (χ0n) is 21.7. The lowest BCUT2D eigenvalue weighted by molar-refractivity contribution is -0.374. The SMILES string of the molecule is NCC(=O)NC1C(O)CC(OP(=O)([O-])CCC2OC(n3ccc(N)nc3=O)C(O)C2O)(C(=O)[O-])OC1[C@H](O)[C@H](O)CO. The molecule has 0 radical (unpaired) electrons. The Morgan fingerprint density at radius 2 is 1.98 bits per heavy atom. The number of aliphatic hydroxyl groups excluding tert-OH is 6. The van der Waals surface area contributed by atoms with Gasteiger partial charge in [0.1, 0.15) is 49.9 Å². The van der Waals surface area contributed by atoms with Crippen LogP contribution in [0.1, 0.15) is 19.1 Å². The van der Waals surface area contributed by atoms with Gasteiger partial charge in [0.25, 0.3) is 0 Å². The van der Waals surface area contributed by atoms with Crippen molar-refractivity contribution in [1.82, 2.24) is 14.9 Å². The highest BCUT2D eigenvalue weighted by Crippen LogP contribution is 2.48. The van der Waals surface area contributed by atoms with Gasteiger partial charge in [-0.25, -0.2) is 4.79 Å². The van der Waals surface area contributed by atoms with E-state index in [9.17, 15) is 59.6 Å². The number of nitrogen functional groups attached to an aromatic ring is 1. The summed E-state index contributed by atoms with van der Waals surface area (Å²) in [4.78, 5) is 52.4. The van der Waals surface area contributed by atoms with Gasteiger partial charge in [-0.05, 0) is 12.5 Å². The van der Waals surface area contributed by atoms with E-state index in [0.717, 1.165) is 10.8 Å². The number of hydrogen-bond acceptors (Lipinski definition) is 18. The van der Waals surface area contributed by atoms with Crippen molar-refractivity contribution < 1.29 is 68.8 Å². The highest BCUT2D eigenvalue weighted by molar-refractivity contribution is 7.51. The van der Waals surface area contributed by atoms with Gasteiger partial charge >= 0.3 is 5.69 Å². The van der Waals surface area contributed by atoms with E-state index >= 15 is 0 Å². The topological polar surface area (TPSA) is 345 Å². The molecule has 1 amide bonds. The molecule has 1 aromatic rings. The quantitative estimate of drug-likeness (QED) is 0.0973. The second-order valence-corrected chi connectivity index (χ2v) is 11.6. The summed E-state index contributed by atoms with van der Waals surface area (Å²) in [5, 5.41) is 75.2. The lowest BCUT2D eigenvalue weighted by atomic mass is 9.88. The van der Waals surface area contributed by atoms with Gasteiger partial charge in [-0.1, -0.05) is 0 Å². The average Bonchev–Trinajstić information content (AvgIpc) is 3.20. The van der Waals surface area contributed by atoms with Crippen LogP contribution in [0.25, 0.3) is 0 Å². The number of ether oxygens (including phenoxy) is 2. The van der Waals surface area contributed by atoms with Gasteiger partial charge in [-0.3, -0.25) is 9.36 Å². The minimum absolute atomic E-state index is 0.129. The van der Waals surface area contributed by atoms with Gasteiger partial charge < -0.3 is 80.8 Å². The predicted octanol–water partition coefficient (Wildman–Crippen LogP) is -7.84. The molecule has 238 valence electrons. The van der Waals surface area contributed by atoms with Crippen molar-refractivity contribution in [1.29, 1.82) is 0 Å². The maximum Gasteiger partial charge on any atom is 0.351 e. The van der Waals surface area contributed by atoms with E-state index in [4.69, 9.17) is 25.5 Å². The fraction of sp³-hybridized carbons (Fsp3) is 0.714. The van der Waals surface area contributed by atoms with Gasteiger partial charge in [0.2, 0.25) is 11.7 Å². The molecule has 0 saturated carbocycles. The highest BCUT2D eigenvalue weighted by Gasteiger charge is 2.54. The second-order valence-electron chi connectivity index (χ2n) is 9.74. The number of aliphatic hydroxyl groups is 6. The van der Waals surface area contributed by atoms with E-state index in [2.05, 4.69) is 10.3 Å². The van der Waals surface area contributed by atoms with E-state index in [1.165, 1.54) is 6.07 Å². The number of carbonyl (C=O) groups excluding carboxylic acids is 2. The fourth-order valence-corrected chi connectivity index (χ4v) is 5.90. The van der Waals surface area contributed by atoms with E-state index in [0.29, 0.717) is 0 Å². The minimum Gasteiger partial charge on any atom is -0.778 e. The van der Waals surface area contributed by atoms with E-state index in [1.807, 2.05) is 0 Å². The molecule has 0 bridgehead atoms. The number of hydrogen-bond donors (Lipinski definition) is 9. The summed E-state index contributed by atoms with van der Waals surface area (Å²) in [5.74, 6) is -6.64. The Bertz CT molecular complexity index is 1240. The average molecular weight is 625 g/mol. The molecular weight excluding hydrogens is 593 g/mol. The third-order valence-electron chi connectivity index (χ3n) is 6.75. The Labute approximate surface area is 236 Å². The zero-order chi connectivity index (χ0) is 31.6. The fourth-order valence-electron chi connectivity index (χ4n) is 4.60. The zero-order valence-corrected chi connectivity index (χ0v) is 22.6. The molecule has 9 unspecified atom stereocenters. The number of carboxylic acids is 1. The molecule has 2 aliphatic rings. The van der Waals surface area contributed by atoms with Gasteiger partial charge in [-0.15, -0.1) is 0 Å². The molecule has 1 aromatic heterocycles. The van der Waals surface area contributed by atoms with Gasteiger partial charge in [-0.2, -0.15) is 4.98 Å². The number of aromatic nitrogens is 2. The number of amides is 1. The monoisotopic (exact) mass is 625 g/mol. The van der Waals surface area contributed by atoms with Crippen LogP contribution < -0.4 is 32.5 Å². The van der Waals surface area contributed by atoms with Crippen molar-refractivity contribution in [2.75, 3.05) is 25.0 Å². The molecule has 0 spiro atoms. The molecule has 11 N–H and O–H groups in total. The van der Waals surface area contributed by atoms with Crippen molar-refractivity contribution in [3.63, 3.8) is 0 Å². The first kappa shape index (κ1) is 33.9. The number of nitrogens with zero attached hydrogens (tertiary/aromatic N) is 2. The van der Waals surface area contributed by atoms with Crippen molar-refractivity contribution in [2.24, 2.45) is 5.73 Å². The van der Waals surface area contributed by atoms with Gasteiger partial charge in [0, 0.05) is 18.8 Å². The van der Waals surface area contributed by atoms with Crippen LogP contribution in [0.3, 0.4) is 0 Å². The smallest absolute Gasteiger partial charge is 0.351 e. The molecule has 2 aliphatic heterocycles. The lowest BCUT2D eigenvalue weighted by Gasteiger charge is -2.50. The Morgan fingerprint density at radius 1 is 1.31 bits per heavy atom. The summed E-state index contributed by atoms with van der Waals surface area (Å²) in [5.41, 5.74) is 9.71. The third-order valence-corrected chi connectivity index (χ3v) is 8.13. The molecular formula is C21H32N5O15P-2. The lowest BCUT2D eigenvalue weighted by Crippen LogP contribution is -2.69. The Morgan fingerprint density at radius 3 is 2.55 bits per heavy atom. The van der Waals surface area contributed by atoms with Gasteiger partial charge in [0.15, 0.2) is 6.23 Å². The number of anilines is 1. The number of nitrogens with two attached hydrogens (primary N) is 2.